The van der Waals surface area contributed by atoms with E-state index in [1.807, 2.05) is 12.1 Å². The Labute approximate surface area is 124 Å². The molecule has 1 aromatic carbocycles. The number of piperidine rings is 1. The summed E-state index contributed by atoms with van der Waals surface area (Å²) in [4.78, 5) is 2.31. The molecule has 0 amide bonds. The van der Waals surface area contributed by atoms with Gasteiger partial charge >= 0.3 is 0 Å². The van der Waals surface area contributed by atoms with Gasteiger partial charge in [-0.1, -0.05) is 6.07 Å². The number of nitrogens with zero attached hydrogens (tertiary/aromatic N) is 1. The maximum absolute atomic E-state index is 14.1. The van der Waals surface area contributed by atoms with E-state index < -0.39 is 0 Å². The fourth-order valence-electron chi connectivity index (χ4n) is 2.71. The molecule has 0 spiro atoms. The lowest BCUT2D eigenvalue weighted by molar-refractivity contribution is 0.157. The maximum Gasteiger partial charge on any atom is 0.165 e. The monoisotopic (exact) mass is 289 g/mol. The molecule has 0 saturated carbocycles. The van der Waals surface area contributed by atoms with Crippen molar-refractivity contribution in [3.8, 4) is 17.1 Å². The molecule has 112 valence electrons. The minimum atomic E-state index is -0.336. The number of rotatable bonds is 4. The quantitative estimate of drug-likeness (QED) is 0.856. The number of hydrogen-bond acceptors (Lipinski definition) is 3. The third kappa shape index (κ3) is 3.27. The van der Waals surface area contributed by atoms with E-state index in [9.17, 15) is 4.39 Å². The maximum atomic E-state index is 14.1. The molecule has 1 aromatic heterocycles. The predicted octanol–water partition coefficient (Wildman–Crippen LogP) is 3.81. The molecular weight excluding hydrogens is 269 g/mol. The molecule has 21 heavy (non-hydrogen) atoms. The van der Waals surface area contributed by atoms with Crippen LogP contribution in [0.2, 0.25) is 0 Å². The van der Waals surface area contributed by atoms with Gasteiger partial charge in [-0.3, -0.25) is 0 Å². The topological polar surface area (TPSA) is 25.6 Å². The van der Waals surface area contributed by atoms with Crippen molar-refractivity contribution in [1.82, 2.24) is 4.90 Å². The van der Waals surface area contributed by atoms with Crippen LogP contribution >= 0.6 is 0 Å². The van der Waals surface area contributed by atoms with Crippen molar-refractivity contribution in [2.45, 2.75) is 12.8 Å². The standard InChI is InChI=1S/C17H20FNO2/c1-19-9-7-13(8-10-19)12-21-17-14(4-2-5-15(17)18)16-6-3-11-20-16/h2-6,11,13H,7-10,12H2,1H3. The van der Waals surface area contributed by atoms with Gasteiger partial charge < -0.3 is 14.1 Å². The minimum absolute atomic E-state index is 0.298. The first-order valence-electron chi connectivity index (χ1n) is 7.38. The summed E-state index contributed by atoms with van der Waals surface area (Å²) in [7, 11) is 2.13. The summed E-state index contributed by atoms with van der Waals surface area (Å²) in [6, 6.07) is 8.54. The highest BCUT2D eigenvalue weighted by molar-refractivity contribution is 5.65. The summed E-state index contributed by atoms with van der Waals surface area (Å²) in [5.74, 6) is 1.08. The molecule has 3 nitrogen and oxygen atoms in total. The van der Waals surface area contributed by atoms with Crippen molar-refractivity contribution in [3.05, 3.63) is 42.4 Å². The molecule has 0 radical (unpaired) electrons. The molecular formula is C17H20FNO2. The second-order valence-electron chi connectivity index (χ2n) is 5.65. The normalized spacial score (nSPS) is 17.0. The van der Waals surface area contributed by atoms with Gasteiger partial charge in [0.25, 0.3) is 0 Å². The molecule has 3 rings (SSSR count). The van der Waals surface area contributed by atoms with E-state index in [2.05, 4.69) is 11.9 Å². The highest BCUT2D eigenvalue weighted by Crippen LogP contribution is 2.33. The molecule has 0 unspecified atom stereocenters. The zero-order valence-electron chi connectivity index (χ0n) is 12.2. The Hall–Kier alpha value is -1.81. The zero-order chi connectivity index (χ0) is 14.7. The van der Waals surface area contributed by atoms with Crippen molar-refractivity contribution in [2.24, 2.45) is 5.92 Å². The third-order valence-corrected chi connectivity index (χ3v) is 4.06. The number of halogens is 1. The van der Waals surface area contributed by atoms with Crippen LogP contribution in [-0.4, -0.2) is 31.6 Å². The van der Waals surface area contributed by atoms with Crippen LogP contribution in [0.1, 0.15) is 12.8 Å². The van der Waals surface area contributed by atoms with Gasteiger partial charge in [-0.2, -0.15) is 0 Å². The molecule has 0 atom stereocenters. The van der Waals surface area contributed by atoms with E-state index in [1.165, 1.54) is 6.07 Å². The van der Waals surface area contributed by atoms with Crippen LogP contribution in [0.25, 0.3) is 11.3 Å². The molecule has 4 heteroatoms. The fraction of sp³-hybridized carbons (Fsp3) is 0.412. The van der Waals surface area contributed by atoms with Crippen molar-refractivity contribution in [1.29, 1.82) is 0 Å². The van der Waals surface area contributed by atoms with Crippen molar-refractivity contribution in [2.75, 3.05) is 26.7 Å². The van der Waals surface area contributed by atoms with Crippen molar-refractivity contribution < 1.29 is 13.5 Å². The van der Waals surface area contributed by atoms with Crippen molar-refractivity contribution >= 4 is 0 Å². The van der Waals surface area contributed by atoms with E-state index in [0.717, 1.165) is 25.9 Å². The Kier molecular flexibility index (Phi) is 4.25. The van der Waals surface area contributed by atoms with Crippen LogP contribution in [0.5, 0.6) is 5.75 Å². The fourth-order valence-corrected chi connectivity index (χ4v) is 2.71. The van der Waals surface area contributed by atoms with Gasteiger partial charge in [-0.25, -0.2) is 4.39 Å². The molecule has 0 aliphatic carbocycles. The molecule has 1 aliphatic rings. The minimum Gasteiger partial charge on any atom is -0.489 e. The van der Waals surface area contributed by atoms with Crippen LogP contribution in [-0.2, 0) is 0 Å². The first-order chi connectivity index (χ1) is 10.2. The molecule has 1 fully saturated rings. The summed E-state index contributed by atoms with van der Waals surface area (Å²) < 4.78 is 25.3. The summed E-state index contributed by atoms with van der Waals surface area (Å²) in [6.07, 6.45) is 3.78. The molecule has 0 N–H and O–H groups in total. The van der Waals surface area contributed by atoms with Gasteiger partial charge in [0.05, 0.1) is 18.4 Å². The highest BCUT2D eigenvalue weighted by Gasteiger charge is 2.19. The van der Waals surface area contributed by atoms with E-state index in [-0.39, 0.29) is 5.82 Å². The number of para-hydroxylation sites is 1. The molecule has 2 aromatic rings. The van der Waals surface area contributed by atoms with Crippen LogP contribution in [0.3, 0.4) is 0 Å². The van der Waals surface area contributed by atoms with Crippen LogP contribution in [0.15, 0.2) is 41.0 Å². The van der Waals surface area contributed by atoms with Gasteiger partial charge in [0.15, 0.2) is 11.6 Å². The number of furan rings is 1. The average molecular weight is 289 g/mol. The average Bonchev–Trinajstić information content (AvgIpc) is 3.01. The van der Waals surface area contributed by atoms with Gasteiger partial charge in [0.1, 0.15) is 5.76 Å². The van der Waals surface area contributed by atoms with Crippen LogP contribution < -0.4 is 4.74 Å². The Morgan fingerprint density at radius 1 is 1.24 bits per heavy atom. The van der Waals surface area contributed by atoms with E-state index in [4.69, 9.17) is 9.15 Å². The molecule has 1 aliphatic heterocycles. The highest BCUT2D eigenvalue weighted by atomic mass is 19.1. The van der Waals surface area contributed by atoms with Gasteiger partial charge in [-0.15, -0.1) is 0 Å². The van der Waals surface area contributed by atoms with Gasteiger partial charge in [0, 0.05) is 0 Å². The molecule has 0 bridgehead atoms. The van der Waals surface area contributed by atoms with Crippen LogP contribution in [0.4, 0.5) is 4.39 Å². The Bertz CT molecular complexity index is 574. The summed E-state index contributed by atoms with van der Waals surface area (Å²) >= 11 is 0. The van der Waals surface area contributed by atoms with Crippen LogP contribution in [0, 0.1) is 11.7 Å². The molecule has 1 saturated heterocycles. The van der Waals surface area contributed by atoms with Crippen molar-refractivity contribution in [3.63, 3.8) is 0 Å². The lowest BCUT2D eigenvalue weighted by Crippen LogP contribution is -2.32. The lowest BCUT2D eigenvalue weighted by atomic mass is 9.98. The summed E-state index contributed by atoms with van der Waals surface area (Å²) in [5.41, 5.74) is 0.674. The Morgan fingerprint density at radius 3 is 2.76 bits per heavy atom. The lowest BCUT2D eigenvalue weighted by Gasteiger charge is -2.28. The second-order valence-corrected chi connectivity index (χ2v) is 5.65. The first kappa shape index (κ1) is 14.1. The predicted molar refractivity (Wildman–Crippen MR) is 79.8 cm³/mol. The Balaban J connectivity index is 1.73. The first-order valence-corrected chi connectivity index (χ1v) is 7.38. The van der Waals surface area contributed by atoms with Gasteiger partial charge in [-0.05, 0) is 63.2 Å². The zero-order valence-corrected chi connectivity index (χ0v) is 12.2. The largest absolute Gasteiger partial charge is 0.489 e. The third-order valence-electron chi connectivity index (χ3n) is 4.06. The van der Waals surface area contributed by atoms with E-state index >= 15 is 0 Å². The second kappa shape index (κ2) is 6.31. The molecule has 2 heterocycles. The van der Waals surface area contributed by atoms with Gasteiger partial charge in [0.2, 0.25) is 0 Å². The number of likely N-dealkylation sites (tertiary alicyclic amines) is 1. The smallest absolute Gasteiger partial charge is 0.165 e. The summed E-state index contributed by atoms with van der Waals surface area (Å²) in [6.45, 7) is 2.72. The number of benzene rings is 1. The van der Waals surface area contributed by atoms with E-state index in [1.54, 1.807) is 18.4 Å². The summed E-state index contributed by atoms with van der Waals surface area (Å²) in [5, 5.41) is 0. The number of ether oxygens (including phenoxy) is 1. The Morgan fingerprint density at radius 2 is 2.05 bits per heavy atom. The van der Waals surface area contributed by atoms with E-state index in [0.29, 0.717) is 29.6 Å². The number of hydrogen-bond donors (Lipinski definition) is 0. The SMILES string of the molecule is CN1CCC(COc2c(F)cccc2-c2ccco2)CC1.